The monoisotopic (exact) mass is 272 g/mol. The summed E-state index contributed by atoms with van der Waals surface area (Å²) < 4.78 is 11.4. The number of benzene rings is 1. The minimum absolute atomic E-state index is 0.219. The average molecular weight is 272 g/mol. The van der Waals surface area contributed by atoms with Crippen molar-refractivity contribution in [2.75, 3.05) is 20.3 Å². The topological polar surface area (TPSA) is 43.4 Å². The Labute approximate surface area is 119 Å². The standard InChI is InChI=1S/C16H20N2O2/c1-17-10-12-9-16(20-11-13-5-4-8-19-13)18-15-7-3-2-6-14(12)15/h2-3,6-7,9,13,17H,4-5,8,10-11H2,1H3. The predicted molar refractivity (Wildman–Crippen MR) is 79.0 cm³/mol. The highest BCUT2D eigenvalue weighted by molar-refractivity contribution is 5.82. The van der Waals surface area contributed by atoms with Gasteiger partial charge in [0.1, 0.15) is 6.61 Å². The smallest absolute Gasteiger partial charge is 0.214 e. The van der Waals surface area contributed by atoms with Crippen LogP contribution in [0.5, 0.6) is 5.88 Å². The summed E-state index contributed by atoms with van der Waals surface area (Å²) >= 11 is 0. The Balaban J connectivity index is 1.82. The van der Waals surface area contributed by atoms with Crippen LogP contribution in [0.4, 0.5) is 0 Å². The first-order chi connectivity index (χ1) is 9.86. The lowest BCUT2D eigenvalue weighted by atomic mass is 10.1. The van der Waals surface area contributed by atoms with E-state index in [2.05, 4.69) is 16.4 Å². The molecule has 4 heteroatoms. The maximum absolute atomic E-state index is 5.82. The molecule has 4 nitrogen and oxygen atoms in total. The van der Waals surface area contributed by atoms with Crippen LogP contribution in [0.1, 0.15) is 18.4 Å². The molecule has 1 atom stereocenters. The summed E-state index contributed by atoms with van der Waals surface area (Å²) in [6, 6.07) is 10.2. The zero-order chi connectivity index (χ0) is 13.8. The highest BCUT2D eigenvalue weighted by atomic mass is 16.5. The minimum atomic E-state index is 0.219. The van der Waals surface area contributed by atoms with Crippen molar-refractivity contribution in [3.05, 3.63) is 35.9 Å². The van der Waals surface area contributed by atoms with E-state index in [9.17, 15) is 0 Å². The van der Waals surface area contributed by atoms with Crippen molar-refractivity contribution in [1.29, 1.82) is 0 Å². The molecule has 0 aliphatic carbocycles. The van der Waals surface area contributed by atoms with Gasteiger partial charge < -0.3 is 14.8 Å². The first-order valence-corrected chi connectivity index (χ1v) is 7.14. The number of pyridine rings is 1. The highest BCUT2D eigenvalue weighted by Gasteiger charge is 2.16. The van der Waals surface area contributed by atoms with Crippen LogP contribution in [0.25, 0.3) is 10.9 Å². The maximum Gasteiger partial charge on any atom is 0.214 e. The molecule has 0 bridgehead atoms. The van der Waals surface area contributed by atoms with Gasteiger partial charge in [-0.2, -0.15) is 0 Å². The Bertz CT molecular complexity index is 580. The molecule has 1 aliphatic rings. The molecule has 1 saturated heterocycles. The molecule has 1 aliphatic heterocycles. The van der Waals surface area contributed by atoms with E-state index in [1.165, 1.54) is 10.9 Å². The number of nitrogens with one attached hydrogen (secondary N) is 1. The summed E-state index contributed by atoms with van der Waals surface area (Å²) in [6.45, 7) is 2.24. The van der Waals surface area contributed by atoms with E-state index in [-0.39, 0.29) is 6.10 Å². The van der Waals surface area contributed by atoms with Gasteiger partial charge in [-0.15, -0.1) is 0 Å². The molecule has 2 aromatic rings. The molecule has 1 fully saturated rings. The average Bonchev–Trinajstić information content (AvgIpc) is 2.99. The molecule has 1 N–H and O–H groups in total. The fourth-order valence-electron chi connectivity index (χ4n) is 2.59. The van der Waals surface area contributed by atoms with Crippen LogP contribution in [-0.4, -0.2) is 31.3 Å². The van der Waals surface area contributed by atoms with E-state index in [0.29, 0.717) is 12.5 Å². The quantitative estimate of drug-likeness (QED) is 0.908. The molecule has 0 radical (unpaired) electrons. The van der Waals surface area contributed by atoms with Crippen LogP contribution in [0.15, 0.2) is 30.3 Å². The third kappa shape index (κ3) is 2.92. The molecule has 106 valence electrons. The maximum atomic E-state index is 5.82. The van der Waals surface area contributed by atoms with E-state index >= 15 is 0 Å². The molecule has 1 aromatic heterocycles. The summed E-state index contributed by atoms with van der Waals surface area (Å²) in [6.07, 6.45) is 2.43. The largest absolute Gasteiger partial charge is 0.475 e. The Morgan fingerprint density at radius 3 is 3.10 bits per heavy atom. The number of rotatable bonds is 5. The molecule has 20 heavy (non-hydrogen) atoms. The molecular weight excluding hydrogens is 252 g/mol. The van der Waals surface area contributed by atoms with Gasteiger partial charge in [-0.3, -0.25) is 0 Å². The number of fused-ring (bicyclic) bond motifs is 1. The first-order valence-electron chi connectivity index (χ1n) is 7.14. The van der Waals surface area contributed by atoms with Crippen LogP contribution in [0, 0.1) is 0 Å². The van der Waals surface area contributed by atoms with E-state index in [0.717, 1.165) is 31.5 Å². The number of hydrogen-bond acceptors (Lipinski definition) is 4. The molecule has 0 spiro atoms. The fourth-order valence-corrected chi connectivity index (χ4v) is 2.59. The second kappa shape index (κ2) is 6.20. The molecule has 1 aromatic carbocycles. The summed E-state index contributed by atoms with van der Waals surface area (Å²) in [5.74, 6) is 0.685. The van der Waals surface area contributed by atoms with Crippen molar-refractivity contribution in [2.45, 2.75) is 25.5 Å². The molecular formula is C16H20N2O2. The minimum Gasteiger partial charge on any atom is -0.475 e. The summed E-state index contributed by atoms with van der Waals surface area (Å²) in [5.41, 5.74) is 2.18. The predicted octanol–water partition coefficient (Wildman–Crippen LogP) is 2.51. The van der Waals surface area contributed by atoms with Gasteiger partial charge in [0.25, 0.3) is 0 Å². The van der Waals surface area contributed by atoms with E-state index in [1.807, 2.05) is 31.3 Å². The first kappa shape index (κ1) is 13.3. The highest BCUT2D eigenvalue weighted by Crippen LogP contribution is 2.22. The van der Waals surface area contributed by atoms with Crippen LogP contribution < -0.4 is 10.1 Å². The number of ether oxygens (including phenoxy) is 2. The van der Waals surface area contributed by atoms with E-state index < -0.39 is 0 Å². The van der Waals surface area contributed by atoms with Gasteiger partial charge in [0.2, 0.25) is 5.88 Å². The van der Waals surface area contributed by atoms with Gasteiger partial charge in [-0.1, -0.05) is 18.2 Å². The Morgan fingerprint density at radius 1 is 1.40 bits per heavy atom. The van der Waals surface area contributed by atoms with Crippen molar-refractivity contribution in [2.24, 2.45) is 0 Å². The molecule has 0 amide bonds. The second-order valence-corrected chi connectivity index (χ2v) is 5.11. The number of nitrogens with zero attached hydrogens (tertiary/aromatic N) is 1. The second-order valence-electron chi connectivity index (χ2n) is 5.11. The van der Waals surface area contributed by atoms with Crippen LogP contribution >= 0.6 is 0 Å². The van der Waals surface area contributed by atoms with Gasteiger partial charge in [0.05, 0.1) is 11.6 Å². The van der Waals surface area contributed by atoms with Crippen LogP contribution in [0.3, 0.4) is 0 Å². The normalized spacial score (nSPS) is 18.6. The third-order valence-corrected chi connectivity index (χ3v) is 3.59. The summed E-state index contributed by atoms with van der Waals surface area (Å²) in [5, 5.41) is 4.37. The van der Waals surface area contributed by atoms with E-state index in [1.54, 1.807) is 0 Å². The molecule has 0 saturated carbocycles. The zero-order valence-electron chi connectivity index (χ0n) is 11.8. The zero-order valence-corrected chi connectivity index (χ0v) is 11.8. The van der Waals surface area contributed by atoms with Crippen molar-refractivity contribution in [3.8, 4) is 5.88 Å². The Morgan fingerprint density at radius 2 is 2.30 bits per heavy atom. The lowest BCUT2D eigenvalue weighted by Gasteiger charge is -2.13. The van der Waals surface area contributed by atoms with Crippen molar-refractivity contribution in [1.82, 2.24) is 10.3 Å². The molecule has 3 rings (SSSR count). The van der Waals surface area contributed by atoms with Crippen LogP contribution in [-0.2, 0) is 11.3 Å². The molecule has 2 heterocycles. The number of para-hydroxylation sites is 1. The third-order valence-electron chi connectivity index (χ3n) is 3.59. The van der Waals surface area contributed by atoms with Gasteiger partial charge in [0.15, 0.2) is 0 Å². The van der Waals surface area contributed by atoms with Crippen LogP contribution in [0.2, 0.25) is 0 Å². The number of hydrogen-bond donors (Lipinski definition) is 1. The Kier molecular flexibility index (Phi) is 4.14. The van der Waals surface area contributed by atoms with Gasteiger partial charge in [0, 0.05) is 24.6 Å². The Hall–Kier alpha value is -1.65. The lowest BCUT2D eigenvalue weighted by Crippen LogP contribution is -2.17. The van der Waals surface area contributed by atoms with Crippen molar-refractivity contribution >= 4 is 10.9 Å². The summed E-state index contributed by atoms with van der Waals surface area (Å²) in [7, 11) is 1.95. The van der Waals surface area contributed by atoms with Gasteiger partial charge >= 0.3 is 0 Å². The number of aromatic nitrogens is 1. The molecule has 1 unspecified atom stereocenters. The van der Waals surface area contributed by atoms with Gasteiger partial charge in [-0.25, -0.2) is 4.98 Å². The lowest BCUT2D eigenvalue weighted by molar-refractivity contribution is 0.0664. The van der Waals surface area contributed by atoms with Crippen molar-refractivity contribution < 1.29 is 9.47 Å². The van der Waals surface area contributed by atoms with E-state index in [4.69, 9.17) is 9.47 Å². The SMILES string of the molecule is CNCc1cc(OCC2CCCO2)nc2ccccc12. The summed E-state index contributed by atoms with van der Waals surface area (Å²) in [4.78, 5) is 4.57. The fraction of sp³-hybridized carbons (Fsp3) is 0.438. The van der Waals surface area contributed by atoms with Gasteiger partial charge in [-0.05, 0) is 31.5 Å². The van der Waals surface area contributed by atoms with Crippen molar-refractivity contribution in [3.63, 3.8) is 0 Å².